The van der Waals surface area contributed by atoms with Crippen molar-refractivity contribution in [3.8, 4) is 0 Å². The third-order valence-electron chi connectivity index (χ3n) is 3.11. The molecule has 3 N–H and O–H groups in total. The number of aryl methyl sites for hydroxylation is 1. The molecular formula is C14H18N4O2. The highest BCUT2D eigenvalue weighted by Gasteiger charge is 2.15. The summed E-state index contributed by atoms with van der Waals surface area (Å²) >= 11 is 0. The number of nitrogens with one attached hydrogen (secondary N) is 1. The molecule has 1 aromatic carbocycles. The second-order valence-corrected chi connectivity index (χ2v) is 5.01. The van der Waals surface area contributed by atoms with Crippen molar-refractivity contribution in [2.45, 2.75) is 33.1 Å². The molecule has 0 unspecified atom stereocenters. The Balaban J connectivity index is 2.18. The van der Waals surface area contributed by atoms with Gasteiger partial charge in [-0.2, -0.15) is 0 Å². The molecule has 0 aliphatic carbocycles. The topological polar surface area (TPSA) is 94.0 Å². The van der Waals surface area contributed by atoms with E-state index < -0.39 is 0 Å². The van der Waals surface area contributed by atoms with E-state index in [-0.39, 0.29) is 18.1 Å². The van der Waals surface area contributed by atoms with Gasteiger partial charge in [0.2, 0.25) is 5.91 Å². The van der Waals surface area contributed by atoms with E-state index in [0.29, 0.717) is 11.6 Å². The molecule has 6 heteroatoms. The molecule has 0 fully saturated rings. The number of hydrogen-bond acceptors (Lipinski definition) is 5. The van der Waals surface area contributed by atoms with Crippen LogP contribution in [0.15, 0.2) is 22.8 Å². The third kappa shape index (κ3) is 2.96. The van der Waals surface area contributed by atoms with E-state index in [1.54, 1.807) is 0 Å². The molecule has 0 saturated carbocycles. The molecule has 1 aromatic heterocycles. The Morgan fingerprint density at radius 1 is 1.40 bits per heavy atom. The molecule has 2 rings (SSSR count). The average Bonchev–Trinajstić information content (AvgIpc) is 2.77. The van der Waals surface area contributed by atoms with Crippen LogP contribution < -0.4 is 11.1 Å². The van der Waals surface area contributed by atoms with Crippen LogP contribution in [0, 0.1) is 6.92 Å². The summed E-state index contributed by atoms with van der Waals surface area (Å²) in [5.74, 6) is 0.279. The van der Waals surface area contributed by atoms with Crippen molar-refractivity contribution in [2.75, 3.05) is 11.1 Å². The second-order valence-electron chi connectivity index (χ2n) is 5.01. The minimum absolute atomic E-state index is 0.0429. The fourth-order valence-electron chi connectivity index (χ4n) is 2.01. The standard InChI is InChI=1S/C14H18N4O2/c1-8(2)10-6-4-5-9(3)13(10)16-12(19)7-11-14(15)18-20-17-11/h4-6,8H,7H2,1-3H3,(H2,15,18)(H,16,19). The smallest absolute Gasteiger partial charge is 0.230 e. The summed E-state index contributed by atoms with van der Waals surface area (Å²) in [5.41, 5.74) is 8.87. The monoisotopic (exact) mass is 274 g/mol. The van der Waals surface area contributed by atoms with E-state index in [9.17, 15) is 4.79 Å². The van der Waals surface area contributed by atoms with Crippen molar-refractivity contribution in [1.82, 2.24) is 10.3 Å². The SMILES string of the molecule is Cc1cccc(C(C)C)c1NC(=O)Cc1nonc1N. The van der Waals surface area contributed by atoms with Gasteiger partial charge in [0, 0.05) is 5.69 Å². The number of para-hydroxylation sites is 1. The van der Waals surface area contributed by atoms with Crippen molar-refractivity contribution >= 4 is 17.4 Å². The Morgan fingerprint density at radius 3 is 2.75 bits per heavy atom. The van der Waals surface area contributed by atoms with Crippen LogP contribution in [0.1, 0.15) is 36.6 Å². The zero-order chi connectivity index (χ0) is 14.7. The molecule has 0 aliphatic rings. The summed E-state index contributed by atoms with van der Waals surface area (Å²) in [6, 6.07) is 5.96. The van der Waals surface area contributed by atoms with E-state index in [2.05, 4.69) is 34.1 Å². The van der Waals surface area contributed by atoms with Crippen molar-refractivity contribution in [1.29, 1.82) is 0 Å². The summed E-state index contributed by atoms with van der Waals surface area (Å²) < 4.78 is 4.48. The molecule has 0 atom stereocenters. The van der Waals surface area contributed by atoms with E-state index in [1.807, 2.05) is 25.1 Å². The highest BCUT2D eigenvalue weighted by molar-refractivity contribution is 5.94. The Hall–Kier alpha value is -2.37. The molecule has 0 spiro atoms. The van der Waals surface area contributed by atoms with Gasteiger partial charge in [-0.1, -0.05) is 37.2 Å². The highest BCUT2D eigenvalue weighted by Crippen LogP contribution is 2.27. The van der Waals surface area contributed by atoms with E-state index in [1.165, 1.54) is 0 Å². The van der Waals surface area contributed by atoms with Crippen molar-refractivity contribution in [3.63, 3.8) is 0 Å². The van der Waals surface area contributed by atoms with Gasteiger partial charge < -0.3 is 11.1 Å². The maximum Gasteiger partial charge on any atom is 0.230 e. The van der Waals surface area contributed by atoms with Crippen LogP contribution in [-0.2, 0) is 11.2 Å². The first-order chi connectivity index (χ1) is 9.49. The maximum atomic E-state index is 12.1. The van der Waals surface area contributed by atoms with Gasteiger partial charge in [-0.25, -0.2) is 4.63 Å². The number of benzene rings is 1. The summed E-state index contributed by atoms with van der Waals surface area (Å²) in [4.78, 5) is 12.1. The third-order valence-corrected chi connectivity index (χ3v) is 3.11. The van der Waals surface area contributed by atoms with Crippen molar-refractivity contribution in [2.24, 2.45) is 0 Å². The average molecular weight is 274 g/mol. The van der Waals surface area contributed by atoms with Gasteiger partial charge in [0.15, 0.2) is 5.82 Å². The van der Waals surface area contributed by atoms with Crippen molar-refractivity contribution in [3.05, 3.63) is 35.0 Å². The summed E-state index contributed by atoms with van der Waals surface area (Å²) in [5, 5.41) is 9.98. The highest BCUT2D eigenvalue weighted by atomic mass is 16.6. The molecule has 20 heavy (non-hydrogen) atoms. The van der Waals surface area contributed by atoms with E-state index in [0.717, 1.165) is 16.8 Å². The van der Waals surface area contributed by atoms with Gasteiger partial charge in [0.1, 0.15) is 5.69 Å². The molecule has 1 amide bonds. The summed E-state index contributed by atoms with van der Waals surface area (Å²) in [7, 11) is 0. The van der Waals surface area contributed by atoms with Gasteiger partial charge in [-0.15, -0.1) is 0 Å². The van der Waals surface area contributed by atoms with Crippen LogP contribution in [0.4, 0.5) is 11.5 Å². The zero-order valence-corrected chi connectivity index (χ0v) is 11.8. The van der Waals surface area contributed by atoms with Gasteiger partial charge >= 0.3 is 0 Å². The number of aromatic nitrogens is 2. The molecule has 0 bridgehead atoms. The van der Waals surface area contributed by atoms with Gasteiger partial charge in [0.05, 0.1) is 6.42 Å². The largest absolute Gasteiger partial charge is 0.379 e. The van der Waals surface area contributed by atoms with Crippen LogP contribution in [0.3, 0.4) is 0 Å². The molecule has 0 radical (unpaired) electrons. The normalized spacial score (nSPS) is 10.8. The molecule has 0 saturated heterocycles. The number of carbonyl (C=O) groups is 1. The van der Waals surface area contributed by atoms with Gasteiger partial charge in [-0.3, -0.25) is 4.79 Å². The number of hydrogen-bond donors (Lipinski definition) is 2. The molecular weight excluding hydrogens is 256 g/mol. The fourth-order valence-corrected chi connectivity index (χ4v) is 2.01. The summed E-state index contributed by atoms with van der Waals surface area (Å²) in [6.45, 7) is 6.14. The first-order valence-corrected chi connectivity index (χ1v) is 6.45. The Morgan fingerprint density at radius 2 is 2.15 bits per heavy atom. The number of nitrogens with two attached hydrogens (primary N) is 1. The number of carbonyl (C=O) groups excluding carboxylic acids is 1. The zero-order valence-electron chi connectivity index (χ0n) is 11.8. The fraction of sp³-hybridized carbons (Fsp3) is 0.357. The molecule has 6 nitrogen and oxygen atoms in total. The maximum absolute atomic E-state index is 12.1. The Labute approximate surface area is 117 Å². The van der Waals surface area contributed by atoms with E-state index in [4.69, 9.17) is 5.73 Å². The van der Waals surface area contributed by atoms with Crippen LogP contribution in [0.25, 0.3) is 0 Å². The van der Waals surface area contributed by atoms with E-state index >= 15 is 0 Å². The first-order valence-electron chi connectivity index (χ1n) is 6.45. The minimum Gasteiger partial charge on any atom is -0.379 e. The lowest BCUT2D eigenvalue weighted by atomic mass is 9.98. The quantitative estimate of drug-likeness (QED) is 0.891. The molecule has 106 valence electrons. The molecule has 1 heterocycles. The van der Waals surface area contributed by atoms with Crippen LogP contribution >= 0.6 is 0 Å². The Bertz CT molecular complexity index is 619. The Kier molecular flexibility index (Phi) is 4.02. The van der Waals surface area contributed by atoms with Gasteiger partial charge in [0.25, 0.3) is 0 Å². The molecule has 2 aromatic rings. The minimum atomic E-state index is -0.191. The van der Waals surface area contributed by atoms with Crippen LogP contribution in [0.2, 0.25) is 0 Å². The van der Waals surface area contributed by atoms with Gasteiger partial charge in [-0.05, 0) is 29.1 Å². The lowest BCUT2D eigenvalue weighted by Crippen LogP contribution is -2.17. The molecule has 0 aliphatic heterocycles. The van der Waals surface area contributed by atoms with Crippen LogP contribution in [0.5, 0.6) is 0 Å². The second kappa shape index (κ2) is 5.73. The first kappa shape index (κ1) is 14.0. The lowest BCUT2D eigenvalue weighted by molar-refractivity contribution is -0.115. The predicted molar refractivity (Wildman–Crippen MR) is 76.3 cm³/mol. The van der Waals surface area contributed by atoms with Crippen molar-refractivity contribution < 1.29 is 9.42 Å². The number of rotatable bonds is 4. The number of anilines is 2. The summed E-state index contributed by atoms with van der Waals surface area (Å²) in [6.07, 6.45) is 0.0429. The number of nitrogen functional groups attached to an aromatic ring is 1. The predicted octanol–water partition coefficient (Wildman–Crippen LogP) is 2.26. The van der Waals surface area contributed by atoms with Crippen LogP contribution in [-0.4, -0.2) is 16.2 Å². The number of nitrogens with zero attached hydrogens (tertiary/aromatic N) is 2. The lowest BCUT2D eigenvalue weighted by Gasteiger charge is -2.16. The number of amides is 1.